The van der Waals surface area contributed by atoms with Crippen LogP contribution in [0.2, 0.25) is 0 Å². The van der Waals surface area contributed by atoms with Crippen molar-refractivity contribution < 1.29 is 4.79 Å². The van der Waals surface area contributed by atoms with Crippen molar-refractivity contribution in [3.8, 4) is 0 Å². The van der Waals surface area contributed by atoms with Crippen LogP contribution in [0.1, 0.15) is 28.7 Å². The van der Waals surface area contributed by atoms with E-state index in [-0.39, 0.29) is 18.3 Å². The highest BCUT2D eigenvalue weighted by Crippen LogP contribution is 2.14. The monoisotopic (exact) mass is 314 g/mol. The molecule has 21 heavy (non-hydrogen) atoms. The Morgan fingerprint density at radius 2 is 2.00 bits per heavy atom. The van der Waals surface area contributed by atoms with Crippen molar-refractivity contribution in [2.24, 2.45) is 0 Å². The molecule has 0 radical (unpaired) electrons. The highest BCUT2D eigenvalue weighted by atomic mass is 35.5. The van der Waals surface area contributed by atoms with Crippen molar-refractivity contribution in [3.05, 3.63) is 23.0 Å². The normalized spacial score (nSPS) is 15.6. The van der Waals surface area contributed by atoms with Gasteiger partial charge in [-0.25, -0.2) is 0 Å². The molecule has 6 heteroatoms. The molecule has 2 heterocycles. The fourth-order valence-electron chi connectivity index (χ4n) is 2.88. The second-order valence-corrected chi connectivity index (χ2v) is 5.38. The van der Waals surface area contributed by atoms with E-state index in [0.29, 0.717) is 6.54 Å². The van der Waals surface area contributed by atoms with Gasteiger partial charge in [-0.15, -0.1) is 12.4 Å². The van der Waals surface area contributed by atoms with Crippen LogP contribution in [-0.2, 0) is 6.54 Å². The summed E-state index contributed by atoms with van der Waals surface area (Å²) in [5.41, 5.74) is 3.02. The predicted molar refractivity (Wildman–Crippen MR) is 88.5 cm³/mol. The number of rotatable bonds is 5. The second kappa shape index (κ2) is 8.41. The van der Waals surface area contributed by atoms with E-state index < -0.39 is 0 Å². The maximum absolute atomic E-state index is 12.2. The number of aryl methyl sites for hydroxylation is 1. The van der Waals surface area contributed by atoms with Crippen molar-refractivity contribution in [2.45, 2.75) is 27.3 Å². The van der Waals surface area contributed by atoms with Gasteiger partial charge in [0.25, 0.3) is 5.91 Å². The zero-order chi connectivity index (χ0) is 14.5. The molecule has 0 bridgehead atoms. The lowest BCUT2D eigenvalue weighted by atomic mass is 10.2. The molecule has 1 aliphatic rings. The molecule has 2 rings (SSSR count). The van der Waals surface area contributed by atoms with Crippen LogP contribution >= 0.6 is 12.4 Å². The van der Waals surface area contributed by atoms with Gasteiger partial charge in [0.1, 0.15) is 0 Å². The van der Waals surface area contributed by atoms with Crippen LogP contribution in [0, 0.1) is 13.8 Å². The molecule has 1 amide bonds. The number of carbonyl (C=O) groups excluding carboxylic acids is 1. The molecule has 0 saturated carbocycles. The van der Waals surface area contributed by atoms with Gasteiger partial charge in [-0.3, -0.25) is 9.69 Å². The number of nitrogens with zero attached hydrogens (tertiary/aromatic N) is 2. The van der Waals surface area contributed by atoms with E-state index in [4.69, 9.17) is 0 Å². The molecule has 1 saturated heterocycles. The van der Waals surface area contributed by atoms with E-state index in [2.05, 4.69) is 27.0 Å². The smallest absolute Gasteiger partial charge is 0.253 e. The van der Waals surface area contributed by atoms with Crippen molar-refractivity contribution in [1.82, 2.24) is 20.1 Å². The zero-order valence-corrected chi connectivity index (χ0v) is 14.1. The van der Waals surface area contributed by atoms with Crippen molar-refractivity contribution in [3.63, 3.8) is 0 Å². The number of hydrogen-bond donors (Lipinski definition) is 2. The molecule has 0 aliphatic carbocycles. The van der Waals surface area contributed by atoms with Gasteiger partial charge in [-0.2, -0.15) is 0 Å². The Kier molecular flexibility index (Phi) is 7.22. The number of amides is 1. The summed E-state index contributed by atoms with van der Waals surface area (Å²) in [5.74, 6) is 0.0490. The first kappa shape index (κ1) is 18.0. The fraction of sp³-hybridized carbons (Fsp3) is 0.667. The lowest BCUT2D eigenvalue weighted by molar-refractivity contribution is 0.0946. The zero-order valence-electron chi connectivity index (χ0n) is 13.2. The lowest BCUT2D eigenvalue weighted by Crippen LogP contribution is -2.46. The largest absolute Gasteiger partial charge is 0.351 e. The van der Waals surface area contributed by atoms with Crippen LogP contribution in [0.5, 0.6) is 0 Å². The van der Waals surface area contributed by atoms with Gasteiger partial charge in [0.15, 0.2) is 0 Å². The summed E-state index contributed by atoms with van der Waals surface area (Å²) in [4.78, 5) is 14.6. The lowest BCUT2D eigenvalue weighted by Gasteiger charge is -2.27. The summed E-state index contributed by atoms with van der Waals surface area (Å²) in [6.07, 6.45) is 0. The van der Waals surface area contributed by atoms with Crippen LogP contribution in [-0.4, -0.2) is 54.6 Å². The second-order valence-electron chi connectivity index (χ2n) is 5.38. The summed E-state index contributed by atoms with van der Waals surface area (Å²) in [6.45, 7) is 13.0. The minimum atomic E-state index is 0. The topological polar surface area (TPSA) is 49.3 Å². The first-order chi connectivity index (χ1) is 9.63. The standard InChI is InChI=1S/C15H26N4O.ClH/c1-4-19-12(2)11-14(13(19)3)15(20)17-7-10-18-8-5-16-6-9-18;/h11,16H,4-10H2,1-3H3,(H,17,20);1H. The molecule has 0 aromatic carbocycles. The van der Waals surface area contributed by atoms with Crippen LogP contribution in [0.25, 0.3) is 0 Å². The third-order valence-corrected chi connectivity index (χ3v) is 4.06. The number of aromatic nitrogens is 1. The quantitative estimate of drug-likeness (QED) is 0.858. The third kappa shape index (κ3) is 4.46. The Morgan fingerprint density at radius 1 is 1.33 bits per heavy atom. The molecule has 120 valence electrons. The SMILES string of the molecule is CCn1c(C)cc(C(=O)NCCN2CCNCC2)c1C.Cl. The molecule has 2 N–H and O–H groups in total. The Hall–Kier alpha value is -1.04. The van der Waals surface area contributed by atoms with Crippen molar-refractivity contribution in [1.29, 1.82) is 0 Å². The van der Waals surface area contributed by atoms with Gasteiger partial charge in [-0.1, -0.05) is 0 Å². The van der Waals surface area contributed by atoms with Crippen LogP contribution in [0.15, 0.2) is 6.07 Å². The van der Waals surface area contributed by atoms with Crippen LogP contribution in [0.4, 0.5) is 0 Å². The molecule has 5 nitrogen and oxygen atoms in total. The minimum Gasteiger partial charge on any atom is -0.351 e. The van der Waals surface area contributed by atoms with Gasteiger partial charge < -0.3 is 15.2 Å². The Labute approximate surface area is 133 Å². The van der Waals surface area contributed by atoms with Gasteiger partial charge in [0, 0.05) is 57.2 Å². The third-order valence-electron chi connectivity index (χ3n) is 4.06. The Morgan fingerprint density at radius 3 is 2.57 bits per heavy atom. The van der Waals surface area contributed by atoms with Crippen molar-refractivity contribution in [2.75, 3.05) is 39.3 Å². The highest BCUT2D eigenvalue weighted by Gasteiger charge is 2.15. The molecular weight excluding hydrogens is 288 g/mol. The van der Waals surface area contributed by atoms with Crippen LogP contribution < -0.4 is 10.6 Å². The van der Waals surface area contributed by atoms with E-state index in [1.165, 1.54) is 0 Å². The average molecular weight is 315 g/mol. The molecule has 0 unspecified atom stereocenters. The summed E-state index contributed by atoms with van der Waals surface area (Å²) < 4.78 is 2.17. The van der Waals surface area contributed by atoms with Gasteiger partial charge in [-0.05, 0) is 26.8 Å². The van der Waals surface area contributed by atoms with E-state index in [1.807, 2.05) is 19.9 Å². The molecule has 0 atom stereocenters. The molecule has 1 aliphatic heterocycles. The predicted octanol–water partition coefficient (Wildman–Crippen LogP) is 1.18. The number of nitrogens with one attached hydrogen (secondary N) is 2. The Bertz CT molecular complexity index is 466. The molecule has 0 spiro atoms. The Balaban J connectivity index is 0.00000220. The molecule has 1 aromatic heterocycles. The summed E-state index contributed by atoms with van der Waals surface area (Å²) in [6, 6.07) is 1.99. The first-order valence-corrected chi connectivity index (χ1v) is 7.51. The average Bonchev–Trinajstić information content (AvgIpc) is 2.74. The van der Waals surface area contributed by atoms with Gasteiger partial charge in [0.2, 0.25) is 0 Å². The highest BCUT2D eigenvalue weighted by molar-refractivity contribution is 5.95. The number of piperazine rings is 1. The fourth-order valence-corrected chi connectivity index (χ4v) is 2.88. The summed E-state index contributed by atoms with van der Waals surface area (Å²) >= 11 is 0. The molecule has 1 aromatic rings. The summed E-state index contributed by atoms with van der Waals surface area (Å²) in [5, 5.41) is 6.37. The summed E-state index contributed by atoms with van der Waals surface area (Å²) in [7, 11) is 0. The van der Waals surface area contributed by atoms with E-state index in [0.717, 1.165) is 56.2 Å². The minimum absolute atomic E-state index is 0. The maximum Gasteiger partial charge on any atom is 0.253 e. The van der Waals surface area contributed by atoms with E-state index in [1.54, 1.807) is 0 Å². The first-order valence-electron chi connectivity index (χ1n) is 7.51. The van der Waals surface area contributed by atoms with Crippen LogP contribution in [0.3, 0.4) is 0 Å². The van der Waals surface area contributed by atoms with E-state index >= 15 is 0 Å². The number of carbonyl (C=O) groups is 1. The van der Waals surface area contributed by atoms with E-state index in [9.17, 15) is 4.79 Å². The maximum atomic E-state index is 12.2. The van der Waals surface area contributed by atoms with Gasteiger partial charge >= 0.3 is 0 Å². The number of halogens is 1. The molecule has 1 fully saturated rings. The van der Waals surface area contributed by atoms with Crippen molar-refractivity contribution >= 4 is 18.3 Å². The van der Waals surface area contributed by atoms with Gasteiger partial charge in [0.05, 0.1) is 5.56 Å². The number of hydrogen-bond acceptors (Lipinski definition) is 3. The molecular formula is C15H27ClN4O.